The van der Waals surface area contributed by atoms with Gasteiger partial charge in [0.2, 0.25) is 0 Å². The summed E-state index contributed by atoms with van der Waals surface area (Å²) in [4.78, 5) is 0. The van der Waals surface area contributed by atoms with Gasteiger partial charge in [-0.25, -0.2) is 0 Å². The van der Waals surface area contributed by atoms with Gasteiger partial charge in [0, 0.05) is 0 Å². The molecule has 90 valence electrons. The molecule has 2 N–H and O–H groups in total. The third-order valence-electron chi connectivity index (χ3n) is 2.83. The standard InChI is InChI=1S/C15H14N2O/c1-11-6-2-3-7-12(11)14(10-16)17-13-8-4-5-9-15(13)18/h2-9,14,17-18H,1H3/t14-/m0/s1. The summed E-state index contributed by atoms with van der Waals surface area (Å²) in [6.07, 6.45) is 0. The number of rotatable bonds is 3. The molecule has 0 aliphatic rings. The maximum Gasteiger partial charge on any atom is 0.140 e. The Labute approximate surface area is 106 Å². The molecule has 18 heavy (non-hydrogen) atoms. The lowest BCUT2D eigenvalue weighted by molar-refractivity contribution is 0.477. The number of phenols is 1. The van der Waals surface area contributed by atoms with Crippen LogP contribution in [0.1, 0.15) is 17.2 Å². The fraction of sp³-hybridized carbons (Fsp3) is 0.133. The van der Waals surface area contributed by atoms with Gasteiger partial charge in [0.15, 0.2) is 0 Å². The van der Waals surface area contributed by atoms with Crippen LogP contribution >= 0.6 is 0 Å². The molecule has 0 unspecified atom stereocenters. The highest BCUT2D eigenvalue weighted by Gasteiger charge is 2.13. The highest BCUT2D eigenvalue weighted by atomic mass is 16.3. The van der Waals surface area contributed by atoms with Crippen LogP contribution in [0.5, 0.6) is 5.75 Å². The first-order valence-corrected chi connectivity index (χ1v) is 5.72. The van der Waals surface area contributed by atoms with E-state index in [0.717, 1.165) is 11.1 Å². The Kier molecular flexibility index (Phi) is 3.49. The Morgan fingerprint density at radius 2 is 1.78 bits per heavy atom. The van der Waals surface area contributed by atoms with Gasteiger partial charge in [-0.05, 0) is 30.2 Å². The number of anilines is 1. The van der Waals surface area contributed by atoms with Crippen molar-refractivity contribution in [1.82, 2.24) is 0 Å². The molecule has 0 saturated carbocycles. The Morgan fingerprint density at radius 1 is 1.11 bits per heavy atom. The molecule has 0 saturated heterocycles. The zero-order valence-electron chi connectivity index (χ0n) is 10.1. The van der Waals surface area contributed by atoms with Crippen molar-refractivity contribution in [2.75, 3.05) is 5.32 Å². The smallest absolute Gasteiger partial charge is 0.140 e. The SMILES string of the molecule is Cc1ccccc1[C@H](C#N)Nc1ccccc1O. The molecule has 0 amide bonds. The number of nitrogens with one attached hydrogen (secondary N) is 1. The molecule has 0 spiro atoms. The Balaban J connectivity index is 2.30. The molecule has 3 nitrogen and oxygen atoms in total. The van der Waals surface area contributed by atoms with Gasteiger partial charge in [-0.2, -0.15) is 5.26 Å². The highest BCUT2D eigenvalue weighted by molar-refractivity contribution is 5.57. The summed E-state index contributed by atoms with van der Waals surface area (Å²) in [6.45, 7) is 1.96. The van der Waals surface area contributed by atoms with E-state index in [-0.39, 0.29) is 5.75 Å². The first kappa shape index (κ1) is 12.0. The first-order chi connectivity index (χ1) is 8.72. The minimum atomic E-state index is -0.473. The second kappa shape index (κ2) is 5.24. The van der Waals surface area contributed by atoms with Gasteiger partial charge in [-0.3, -0.25) is 0 Å². The number of hydrogen-bond donors (Lipinski definition) is 2. The third-order valence-corrected chi connectivity index (χ3v) is 2.83. The molecule has 0 heterocycles. The molecule has 0 fully saturated rings. The van der Waals surface area contributed by atoms with Crippen LogP contribution in [-0.4, -0.2) is 5.11 Å². The lowest BCUT2D eigenvalue weighted by atomic mass is 10.0. The van der Waals surface area contributed by atoms with E-state index in [1.807, 2.05) is 37.3 Å². The predicted molar refractivity (Wildman–Crippen MR) is 71.3 cm³/mol. The van der Waals surface area contributed by atoms with Crippen molar-refractivity contribution < 1.29 is 5.11 Å². The van der Waals surface area contributed by atoms with Gasteiger partial charge in [-0.15, -0.1) is 0 Å². The van der Waals surface area contributed by atoms with E-state index in [4.69, 9.17) is 0 Å². The zero-order valence-corrected chi connectivity index (χ0v) is 10.1. The van der Waals surface area contributed by atoms with Crippen molar-refractivity contribution in [3.63, 3.8) is 0 Å². The number of nitriles is 1. The second-order valence-electron chi connectivity index (χ2n) is 4.08. The van der Waals surface area contributed by atoms with Crippen molar-refractivity contribution in [3.05, 3.63) is 59.7 Å². The van der Waals surface area contributed by atoms with Crippen molar-refractivity contribution in [1.29, 1.82) is 5.26 Å². The van der Waals surface area contributed by atoms with Crippen LogP contribution in [0.15, 0.2) is 48.5 Å². The Hall–Kier alpha value is -2.47. The average molecular weight is 238 g/mol. The van der Waals surface area contributed by atoms with Crippen LogP contribution in [0, 0.1) is 18.3 Å². The quantitative estimate of drug-likeness (QED) is 0.806. The van der Waals surface area contributed by atoms with E-state index in [9.17, 15) is 10.4 Å². The summed E-state index contributed by atoms with van der Waals surface area (Å²) in [5.41, 5.74) is 2.53. The van der Waals surface area contributed by atoms with Crippen LogP contribution in [-0.2, 0) is 0 Å². The number of nitrogens with zero attached hydrogens (tertiary/aromatic N) is 1. The molecule has 0 aliphatic heterocycles. The molecular weight excluding hydrogens is 224 g/mol. The maximum atomic E-state index is 9.70. The summed E-state index contributed by atoms with van der Waals surface area (Å²) < 4.78 is 0. The molecule has 2 aromatic carbocycles. The normalized spacial score (nSPS) is 11.6. The molecule has 2 rings (SSSR count). The van der Waals surface area contributed by atoms with Crippen LogP contribution < -0.4 is 5.32 Å². The average Bonchev–Trinajstić information content (AvgIpc) is 2.39. The van der Waals surface area contributed by atoms with Crippen molar-refractivity contribution in [2.24, 2.45) is 0 Å². The van der Waals surface area contributed by atoms with Crippen LogP contribution in [0.2, 0.25) is 0 Å². The molecular formula is C15H14N2O. The molecule has 1 atom stereocenters. The van der Waals surface area contributed by atoms with E-state index in [2.05, 4.69) is 11.4 Å². The molecule has 3 heteroatoms. The summed E-state index contributed by atoms with van der Waals surface area (Å²) in [5, 5.41) is 22.0. The minimum absolute atomic E-state index is 0.145. The predicted octanol–water partition coefficient (Wildman–Crippen LogP) is 3.38. The topological polar surface area (TPSA) is 56.0 Å². The molecule has 0 bridgehead atoms. The number of hydrogen-bond acceptors (Lipinski definition) is 3. The Bertz CT molecular complexity index is 587. The fourth-order valence-electron chi connectivity index (χ4n) is 1.84. The molecule has 0 radical (unpaired) electrons. The van der Waals surface area contributed by atoms with Gasteiger partial charge >= 0.3 is 0 Å². The fourth-order valence-corrected chi connectivity index (χ4v) is 1.84. The molecule has 0 aliphatic carbocycles. The van der Waals surface area contributed by atoms with E-state index < -0.39 is 6.04 Å². The van der Waals surface area contributed by atoms with Gasteiger partial charge in [-0.1, -0.05) is 36.4 Å². The van der Waals surface area contributed by atoms with E-state index in [0.29, 0.717) is 5.69 Å². The van der Waals surface area contributed by atoms with Gasteiger partial charge < -0.3 is 10.4 Å². The van der Waals surface area contributed by atoms with Crippen LogP contribution in [0.3, 0.4) is 0 Å². The van der Waals surface area contributed by atoms with Crippen molar-refractivity contribution >= 4 is 5.69 Å². The van der Waals surface area contributed by atoms with E-state index in [1.54, 1.807) is 18.2 Å². The highest BCUT2D eigenvalue weighted by Crippen LogP contribution is 2.27. The van der Waals surface area contributed by atoms with Crippen LogP contribution in [0.4, 0.5) is 5.69 Å². The molecule has 0 aromatic heterocycles. The summed E-state index contributed by atoms with van der Waals surface area (Å²) in [6, 6.07) is 16.4. The number of aromatic hydroxyl groups is 1. The number of phenolic OH excluding ortho intramolecular Hbond substituents is 1. The van der Waals surface area contributed by atoms with Gasteiger partial charge in [0.25, 0.3) is 0 Å². The van der Waals surface area contributed by atoms with Crippen LogP contribution in [0.25, 0.3) is 0 Å². The monoisotopic (exact) mass is 238 g/mol. The summed E-state index contributed by atoms with van der Waals surface area (Å²) >= 11 is 0. The van der Waals surface area contributed by atoms with Crippen molar-refractivity contribution in [3.8, 4) is 11.8 Å². The van der Waals surface area contributed by atoms with Gasteiger partial charge in [0.1, 0.15) is 11.8 Å². The number of benzene rings is 2. The maximum absolute atomic E-state index is 9.70. The number of para-hydroxylation sites is 2. The summed E-state index contributed by atoms with van der Waals surface area (Å²) in [5.74, 6) is 0.145. The first-order valence-electron chi connectivity index (χ1n) is 5.72. The zero-order chi connectivity index (χ0) is 13.0. The Morgan fingerprint density at radius 3 is 2.44 bits per heavy atom. The lowest BCUT2D eigenvalue weighted by Gasteiger charge is -2.16. The van der Waals surface area contributed by atoms with Gasteiger partial charge in [0.05, 0.1) is 11.8 Å². The van der Waals surface area contributed by atoms with Crippen molar-refractivity contribution in [2.45, 2.75) is 13.0 Å². The largest absolute Gasteiger partial charge is 0.506 e. The minimum Gasteiger partial charge on any atom is -0.506 e. The second-order valence-corrected chi connectivity index (χ2v) is 4.08. The number of aryl methyl sites for hydroxylation is 1. The third kappa shape index (κ3) is 2.44. The lowest BCUT2D eigenvalue weighted by Crippen LogP contribution is -2.09. The van der Waals surface area contributed by atoms with E-state index >= 15 is 0 Å². The van der Waals surface area contributed by atoms with E-state index in [1.165, 1.54) is 0 Å². The summed E-state index contributed by atoms with van der Waals surface area (Å²) in [7, 11) is 0. The molecule has 2 aromatic rings.